The molecular formula is C13H16F2N4OS. The van der Waals surface area contributed by atoms with Crippen LogP contribution in [0.1, 0.15) is 5.89 Å². The fourth-order valence-electron chi connectivity index (χ4n) is 2.34. The number of halogens is 2. The van der Waals surface area contributed by atoms with Gasteiger partial charge in [0.05, 0.1) is 18.0 Å². The molecule has 0 aromatic carbocycles. The van der Waals surface area contributed by atoms with Crippen molar-refractivity contribution in [1.82, 2.24) is 19.9 Å². The molecule has 0 aliphatic carbocycles. The fraction of sp³-hybridized carbons (Fsp3) is 0.538. The molecule has 0 unspecified atom stereocenters. The van der Waals surface area contributed by atoms with Gasteiger partial charge >= 0.3 is 0 Å². The lowest BCUT2D eigenvalue weighted by Gasteiger charge is -2.33. The molecule has 1 aliphatic rings. The summed E-state index contributed by atoms with van der Waals surface area (Å²) in [5.74, 6) is 1.18. The Balaban J connectivity index is 1.52. The minimum Gasteiger partial charge on any atom is -0.338 e. The van der Waals surface area contributed by atoms with Gasteiger partial charge in [-0.25, -0.2) is 8.78 Å². The van der Waals surface area contributed by atoms with Gasteiger partial charge in [-0.2, -0.15) is 4.98 Å². The van der Waals surface area contributed by atoms with E-state index in [1.54, 1.807) is 16.2 Å². The molecule has 5 nitrogen and oxygen atoms in total. The molecule has 0 radical (unpaired) electrons. The zero-order valence-electron chi connectivity index (χ0n) is 11.4. The summed E-state index contributed by atoms with van der Waals surface area (Å²) in [6.45, 7) is 3.21. The van der Waals surface area contributed by atoms with Gasteiger partial charge in [0.1, 0.15) is 0 Å². The van der Waals surface area contributed by atoms with Crippen LogP contribution in [0.5, 0.6) is 0 Å². The van der Waals surface area contributed by atoms with Gasteiger partial charge in [0, 0.05) is 26.2 Å². The van der Waals surface area contributed by atoms with Gasteiger partial charge in [-0.05, 0) is 11.4 Å². The summed E-state index contributed by atoms with van der Waals surface area (Å²) in [6, 6.07) is 3.89. The number of hydrogen-bond acceptors (Lipinski definition) is 6. The molecule has 3 heterocycles. The Labute approximate surface area is 125 Å². The maximum absolute atomic E-state index is 12.3. The first kappa shape index (κ1) is 14.6. The summed E-state index contributed by atoms with van der Waals surface area (Å²) in [4.78, 5) is 9.28. The lowest BCUT2D eigenvalue weighted by molar-refractivity contribution is 0.0515. The zero-order valence-corrected chi connectivity index (χ0v) is 12.2. The van der Waals surface area contributed by atoms with Crippen LogP contribution in [-0.4, -0.2) is 59.1 Å². The number of rotatable bonds is 5. The van der Waals surface area contributed by atoms with Crippen LogP contribution in [0.3, 0.4) is 0 Å². The summed E-state index contributed by atoms with van der Waals surface area (Å²) < 4.78 is 29.9. The average Bonchev–Trinajstić information content (AvgIpc) is 3.11. The molecule has 0 bridgehead atoms. The molecule has 0 spiro atoms. The van der Waals surface area contributed by atoms with E-state index in [0.717, 1.165) is 18.0 Å². The molecule has 1 saturated heterocycles. The fourth-order valence-corrected chi connectivity index (χ4v) is 2.99. The van der Waals surface area contributed by atoms with E-state index in [9.17, 15) is 8.78 Å². The van der Waals surface area contributed by atoms with Crippen molar-refractivity contribution in [3.63, 3.8) is 0 Å². The minimum absolute atomic E-state index is 0.142. The van der Waals surface area contributed by atoms with Crippen LogP contribution in [0.4, 0.5) is 8.78 Å². The first-order valence-electron chi connectivity index (χ1n) is 6.80. The Morgan fingerprint density at radius 2 is 2.00 bits per heavy atom. The third kappa shape index (κ3) is 3.84. The van der Waals surface area contributed by atoms with E-state index in [0.29, 0.717) is 31.3 Å². The Bertz CT molecular complexity index is 552. The smallest absolute Gasteiger partial charge is 0.251 e. The largest absolute Gasteiger partial charge is 0.338 e. The summed E-state index contributed by atoms with van der Waals surface area (Å²) in [5, 5.41) is 5.93. The molecule has 2 aromatic heterocycles. The van der Waals surface area contributed by atoms with Gasteiger partial charge in [-0.15, -0.1) is 11.3 Å². The van der Waals surface area contributed by atoms with Crippen molar-refractivity contribution < 1.29 is 13.3 Å². The van der Waals surface area contributed by atoms with E-state index in [4.69, 9.17) is 4.52 Å². The molecule has 3 rings (SSSR count). The number of thiophene rings is 1. The lowest BCUT2D eigenvalue weighted by Crippen LogP contribution is -2.47. The van der Waals surface area contributed by atoms with Crippen LogP contribution in [0, 0.1) is 0 Å². The minimum atomic E-state index is -2.26. The summed E-state index contributed by atoms with van der Waals surface area (Å²) in [7, 11) is 0. The van der Waals surface area contributed by atoms with E-state index >= 15 is 0 Å². The van der Waals surface area contributed by atoms with Gasteiger partial charge in [0.25, 0.3) is 6.43 Å². The van der Waals surface area contributed by atoms with Crippen molar-refractivity contribution in [2.45, 2.75) is 13.0 Å². The highest BCUT2D eigenvalue weighted by molar-refractivity contribution is 7.13. The summed E-state index contributed by atoms with van der Waals surface area (Å²) in [5.41, 5.74) is 0. The number of piperazine rings is 1. The standard InChI is InChI=1S/C13H16F2N4OS/c14-11(15)8-18-3-5-19(6-4-18)9-12-16-13(17-20-12)10-2-1-7-21-10/h1-2,7,11H,3-6,8-9H2. The Hall–Kier alpha value is -1.38. The first-order valence-corrected chi connectivity index (χ1v) is 7.68. The molecule has 8 heteroatoms. The Morgan fingerprint density at radius 3 is 2.67 bits per heavy atom. The SMILES string of the molecule is FC(F)CN1CCN(Cc2nc(-c3cccs3)no2)CC1. The van der Waals surface area contributed by atoms with Crippen molar-refractivity contribution >= 4 is 11.3 Å². The van der Waals surface area contributed by atoms with Crippen molar-refractivity contribution in [2.75, 3.05) is 32.7 Å². The second kappa shape index (κ2) is 6.59. The topological polar surface area (TPSA) is 45.4 Å². The van der Waals surface area contributed by atoms with E-state index in [1.807, 2.05) is 17.5 Å². The summed E-state index contributed by atoms with van der Waals surface area (Å²) in [6.07, 6.45) is -2.26. The Kier molecular flexibility index (Phi) is 4.57. The van der Waals surface area contributed by atoms with Crippen molar-refractivity contribution in [2.24, 2.45) is 0 Å². The zero-order chi connectivity index (χ0) is 14.7. The molecule has 0 saturated carbocycles. The van der Waals surface area contributed by atoms with Crippen LogP contribution in [0.2, 0.25) is 0 Å². The lowest BCUT2D eigenvalue weighted by atomic mass is 10.3. The van der Waals surface area contributed by atoms with Gasteiger partial charge in [0.2, 0.25) is 11.7 Å². The van der Waals surface area contributed by atoms with Gasteiger partial charge in [-0.3, -0.25) is 9.80 Å². The molecule has 0 N–H and O–H groups in total. The summed E-state index contributed by atoms with van der Waals surface area (Å²) >= 11 is 1.57. The first-order chi connectivity index (χ1) is 10.2. The highest BCUT2D eigenvalue weighted by Crippen LogP contribution is 2.21. The molecule has 1 aliphatic heterocycles. The number of aromatic nitrogens is 2. The second-order valence-electron chi connectivity index (χ2n) is 4.96. The highest BCUT2D eigenvalue weighted by Gasteiger charge is 2.21. The number of hydrogen-bond donors (Lipinski definition) is 0. The number of nitrogens with zero attached hydrogens (tertiary/aromatic N) is 4. The molecule has 2 aromatic rings. The van der Waals surface area contributed by atoms with Crippen molar-refractivity contribution in [1.29, 1.82) is 0 Å². The van der Waals surface area contributed by atoms with Gasteiger partial charge in [0.15, 0.2) is 0 Å². The van der Waals surface area contributed by atoms with Crippen LogP contribution >= 0.6 is 11.3 Å². The van der Waals surface area contributed by atoms with Crippen molar-refractivity contribution in [3.8, 4) is 10.7 Å². The van der Waals surface area contributed by atoms with Crippen molar-refractivity contribution in [3.05, 3.63) is 23.4 Å². The monoisotopic (exact) mass is 314 g/mol. The number of alkyl halides is 2. The molecule has 114 valence electrons. The highest BCUT2D eigenvalue weighted by atomic mass is 32.1. The van der Waals surface area contributed by atoms with E-state index in [1.165, 1.54) is 0 Å². The van der Waals surface area contributed by atoms with E-state index < -0.39 is 6.43 Å². The van der Waals surface area contributed by atoms with Gasteiger partial charge < -0.3 is 4.52 Å². The predicted octanol–water partition coefficient (Wildman–Crippen LogP) is 2.18. The quantitative estimate of drug-likeness (QED) is 0.846. The van der Waals surface area contributed by atoms with Crippen LogP contribution < -0.4 is 0 Å². The van der Waals surface area contributed by atoms with Crippen LogP contribution in [0.15, 0.2) is 22.0 Å². The maximum atomic E-state index is 12.3. The maximum Gasteiger partial charge on any atom is 0.251 e. The van der Waals surface area contributed by atoms with Crippen LogP contribution in [0.25, 0.3) is 10.7 Å². The average molecular weight is 314 g/mol. The normalized spacial score (nSPS) is 17.7. The molecule has 0 atom stereocenters. The van der Waals surface area contributed by atoms with Crippen LogP contribution in [-0.2, 0) is 6.54 Å². The second-order valence-corrected chi connectivity index (χ2v) is 5.90. The predicted molar refractivity (Wildman–Crippen MR) is 75.3 cm³/mol. The van der Waals surface area contributed by atoms with E-state index in [-0.39, 0.29) is 6.54 Å². The Morgan fingerprint density at radius 1 is 1.24 bits per heavy atom. The van der Waals surface area contributed by atoms with Gasteiger partial charge in [-0.1, -0.05) is 11.2 Å². The third-order valence-corrected chi connectivity index (χ3v) is 4.30. The molecular weight excluding hydrogens is 298 g/mol. The third-order valence-electron chi connectivity index (χ3n) is 3.43. The molecule has 1 fully saturated rings. The van der Waals surface area contributed by atoms with E-state index in [2.05, 4.69) is 15.0 Å². The molecule has 21 heavy (non-hydrogen) atoms. The molecule has 0 amide bonds.